The fourth-order valence-corrected chi connectivity index (χ4v) is 2.82. The van der Waals surface area contributed by atoms with Crippen LogP contribution in [0.5, 0.6) is 0 Å². The molecule has 0 aromatic carbocycles. The number of likely N-dealkylation sites (tertiary alicyclic amines) is 1. The van der Waals surface area contributed by atoms with E-state index in [9.17, 15) is 0 Å². The molecule has 2 heterocycles. The number of rotatable bonds is 6. The molecule has 5 heteroatoms. The summed E-state index contributed by atoms with van der Waals surface area (Å²) in [6.45, 7) is 9.92. The maximum Gasteiger partial charge on any atom is 0.138 e. The van der Waals surface area contributed by atoms with Gasteiger partial charge in [0, 0.05) is 24.5 Å². The molecule has 1 aromatic heterocycles. The highest BCUT2D eigenvalue weighted by atomic mass is 15.3. The minimum atomic E-state index is 0.0273. The first-order valence-corrected chi connectivity index (χ1v) is 7.43. The van der Waals surface area contributed by atoms with Crippen molar-refractivity contribution in [3.63, 3.8) is 0 Å². The van der Waals surface area contributed by atoms with Crippen LogP contribution in [0.2, 0.25) is 0 Å². The van der Waals surface area contributed by atoms with E-state index in [4.69, 9.17) is 5.73 Å². The Hall–Kier alpha value is -0.940. The molecule has 1 aromatic rings. The van der Waals surface area contributed by atoms with Crippen molar-refractivity contribution < 1.29 is 0 Å². The van der Waals surface area contributed by atoms with Gasteiger partial charge in [-0.2, -0.15) is 5.10 Å². The summed E-state index contributed by atoms with van der Waals surface area (Å²) in [5, 5.41) is 4.27. The molecule has 0 spiro atoms. The van der Waals surface area contributed by atoms with Gasteiger partial charge in [0.15, 0.2) is 0 Å². The van der Waals surface area contributed by atoms with Gasteiger partial charge in [0.05, 0.1) is 0 Å². The zero-order valence-electron chi connectivity index (χ0n) is 12.5. The molecule has 1 fully saturated rings. The Morgan fingerprint density at radius 2 is 2.05 bits per heavy atom. The molecule has 0 saturated carbocycles. The van der Waals surface area contributed by atoms with E-state index >= 15 is 0 Å². The SMILES string of the molecule is CCCn1ncnc1CC(N)C(C)(C)N1CCCC1. The van der Waals surface area contributed by atoms with Gasteiger partial charge in [-0.05, 0) is 46.2 Å². The molecule has 5 nitrogen and oxygen atoms in total. The van der Waals surface area contributed by atoms with Crippen LogP contribution in [0.4, 0.5) is 0 Å². The zero-order chi connectivity index (χ0) is 13.9. The maximum atomic E-state index is 6.46. The lowest BCUT2D eigenvalue weighted by Gasteiger charge is -2.40. The standard InChI is InChI=1S/C14H27N5/c1-4-7-19-13(16-11-17-19)10-12(15)14(2,3)18-8-5-6-9-18/h11-12H,4-10,15H2,1-3H3. The third kappa shape index (κ3) is 3.15. The van der Waals surface area contributed by atoms with Crippen molar-refractivity contribution in [2.24, 2.45) is 5.73 Å². The first-order valence-electron chi connectivity index (χ1n) is 7.43. The molecule has 1 unspecified atom stereocenters. The first kappa shape index (κ1) is 14.5. The molecule has 1 aliphatic heterocycles. The summed E-state index contributed by atoms with van der Waals surface area (Å²) in [6.07, 6.45) is 6.09. The number of aromatic nitrogens is 3. The van der Waals surface area contributed by atoms with E-state index in [1.165, 1.54) is 25.9 Å². The molecular formula is C14H27N5. The van der Waals surface area contributed by atoms with Crippen molar-refractivity contribution >= 4 is 0 Å². The molecule has 0 radical (unpaired) electrons. The van der Waals surface area contributed by atoms with Crippen LogP contribution in [-0.2, 0) is 13.0 Å². The fourth-order valence-electron chi connectivity index (χ4n) is 2.82. The number of hydrogen-bond donors (Lipinski definition) is 1. The molecule has 1 atom stereocenters. The average Bonchev–Trinajstić information content (AvgIpc) is 3.01. The third-order valence-corrected chi connectivity index (χ3v) is 4.36. The van der Waals surface area contributed by atoms with Crippen LogP contribution in [0.1, 0.15) is 45.9 Å². The van der Waals surface area contributed by atoms with E-state index in [0.717, 1.165) is 25.2 Å². The highest BCUT2D eigenvalue weighted by molar-refractivity contribution is 5.00. The topological polar surface area (TPSA) is 60.0 Å². The van der Waals surface area contributed by atoms with Crippen LogP contribution in [0.25, 0.3) is 0 Å². The lowest BCUT2D eigenvalue weighted by atomic mass is 9.90. The molecule has 1 saturated heterocycles. The Labute approximate surface area is 116 Å². The Balaban J connectivity index is 2.02. The molecule has 0 aliphatic carbocycles. The molecule has 0 amide bonds. The van der Waals surface area contributed by atoms with Crippen LogP contribution in [-0.4, -0.2) is 44.3 Å². The minimum Gasteiger partial charge on any atom is -0.326 e. The monoisotopic (exact) mass is 265 g/mol. The third-order valence-electron chi connectivity index (χ3n) is 4.36. The Morgan fingerprint density at radius 3 is 2.68 bits per heavy atom. The molecule has 1 aliphatic rings. The fraction of sp³-hybridized carbons (Fsp3) is 0.857. The van der Waals surface area contributed by atoms with Crippen molar-refractivity contribution in [2.45, 2.75) is 64.6 Å². The van der Waals surface area contributed by atoms with Gasteiger partial charge in [0.25, 0.3) is 0 Å². The van der Waals surface area contributed by atoms with E-state index in [1.54, 1.807) is 6.33 Å². The predicted octanol–water partition coefficient (Wildman–Crippen LogP) is 1.43. The van der Waals surface area contributed by atoms with Gasteiger partial charge in [-0.3, -0.25) is 9.58 Å². The second kappa shape index (κ2) is 6.01. The van der Waals surface area contributed by atoms with E-state index in [2.05, 4.69) is 35.8 Å². The molecule has 19 heavy (non-hydrogen) atoms. The minimum absolute atomic E-state index is 0.0273. The number of aryl methyl sites for hydroxylation is 1. The zero-order valence-corrected chi connectivity index (χ0v) is 12.5. The smallest absolute Gasteiger partial charge is 0.138 e. The summed E-state index contributed by atoms with van der Waals surface area (Å²) < 4.78 is 1.99. The van der Waals surface area contributed by atoms with Crippen molar-refractivity contribution in [1.29, 1.82) is 0 Å². The van der Waals surface area contributed by atoms with Crippen molar-refractivity contribution in [2.75, 3.05) is 13.1 Å². The van der Waals surface area contributed by atoms with E-state index in [1.807, 2.05) is 4.68 Å². The van der Waals surface area contributed by atoms with Crippen molar-refractivity contribution in [3.05, 3.63) is 12.2 Å². The van der Waals surface area contributed by atoms with Crippen LogP contribution in [0.3, 0.4) is 0 Å². The van der Waals surface area contributed by atoms with Crippen molar-refractivity contribution in [3.8, 4) is 0 Å². The molecule has 108 valence electrons. The lowest BCUT2D eigenvalue weighted by Crippen LogP contribution is -2.56. The summed E-state index contributed by atoms with van der Waals surface area (Å²) in [5.74, 6) is 1.02. The second-order valence-electron chi connectivity index (χ2n) is 6.06. The quantitative estimate of drug-likeness (QED) is 0.845. The summed E-state index contributed by atoms with van der Waals surface area (Å²) in [6, 6.07) is 0.0883. The Kier molecular flexibility index (Phi) is 4.58. The predicted molar refractivity (Wildman–Crippen MR) is 76.9 cm³/mol. The summed E-state index contributed by atoms with van der Waals surface area (Å²) in [5.41, 5.74) is 6.49. The first-order chi connectivity index (χ1) is 9.05. The average molecular weight is 265 g/mol. The number of hydrogen-bond acceptors (Lipinski definition) is 4. The Bertz CT molecular complexity index is 392. The molecular weight excluding hydrogens is 238 g/mol. The van der Waals surface area contributed by atoms with Gasteiger partial charge in [0.1, 0.15) is 12.2 Å². The Morgan fingerprint density at radius 1 is 1.37 bits per heavy atom. The van der Waals surface area contributed by atoms with E-state index in [-0.39, 0.29) is 11.6 Å². The normalized spacial score (nSPS) is 18.9. The summed E-state index contributed by atoms with van der Waals surface area (Å²) >= 11 is 0. The molecule has 0 bridgehead atoms. The number of nitrogens with two attached hydrogens (primary N) is 1. The van der Waals surface area contributed by atoms with Gasteiger partial charge < -0.3 is 5.73 Å². The van der Waals surface area contributed by atoms with Gasteiger partial charge in [0.2, 0.25) is 0 Å². The molecule has 2 rings (SSSR count). The lowest BCUT2D eigenvalue weighted by molar-refractivity contribution is 0.122. The van der Waals surface area contributed by atoms with E-state index < -0.39 is 0 Å². The highest BCUT2D eigenvalue weighted by Crippen LogP contribution is 2.24. The largest absolute Gasteiger partial charge is 0.326 e. The van der Waals surface area contributed by atoms with Gasteiger partial charge >= 0.3 is 0 Å². The highest BCUT2D eigenvalue weighted by Gasteiger charge is 2.35. The van der Waals surface area contributed by atoms with E-state index in [0.29, 0.717) is 0 Å². The summed E-state index contributed by atoms with van der Waals surface area (Å²) in [7, 11) is 0. The van der Waals surface area contributed by atoms with Gasteiger partial charge in [-0.15, -0.1) is 0 Å². The van der Waals surface area contributed by atoms with Crippen LogP contribution >= 0.6 is 0 Å². The van der Waals surface area contributed by atoms with Gasteiger partial charge in [-0.25, -0.2) is 4.98 Å². The van der Waals surface area contributed by atoms with Gasteiger partial charge in [-0.1, -0.05) is 6.92 Å². The van der Waals surface area contributed by atoms with Crippen molar-refractivity contribution in [1.82, 2.24) is 19.7 Å². The second-order valence-corrected chi connectivity index (χ2v) is 6.06. The number of nitrogens with zero attached hydrogens (tertiary/aromatic N) is 4. The summed E-state index contributed by atoms with van der Waals surface area (Å²) in [4.78, 5) is 6.88. The molecule has 2 N–H and O–H groups in total. The van der Waals surface area contributed by atoms with Crippen LogP contribution < -0.4 is 5.73 Å². The maximum absolute atomic E-state index is 6.46. The van der Waals surface area contributed by atoms with Crippen LogP contribution in [0.15, 0.2) is 6.33 Å². The van der Waals surface area contributed by atoms with Crippen LogP contribution in [0, 0.1) is 0 Å².